The van der Waals surface area contributed by atoms with Gasteiger partial charge in [0.1, 0.15) is 18.4 Å². The van der Waals surface area contributed by atoms with Gasteiger partial charge < -0.3 is 35.6 Å². The van der Waals surface area contributed by atoms with Crippen LogP contribution in [0.1, 0.15) is 60.3 Å². The van der Waals surface area contributed by atoms with Crippen LogP contribution in [-0.2, 0) is 22.4 Å². The van der Waals surface area contributed by atoms with Crippen molar-refractivity contribution in [1.29, 1.82) is 0 Å². The van der Waals surface area contributed by atoms with Gasteiger partial charge in [-0.15, -0.1) is 0 Å². The van der Waals surface area contributed by atoms with Gasteiger partial charge in [0.25, 0.3) is 5.91 Å². The number of nitrogens with zero attached hydrogens (tertiary/aromatic N) is 2. The first kappa shape index (κ1) is 37.0. The first-order chi connectivity index (χ1) is 23.9. The van der Waals surface area contributed by atoms with Crippen molar-refractivity contribution < 1.29 is 34.4 Å². The lowest BCUT2D eigenvalue weighted by Crippen LogP contribution is -2.62. The van der Waals surface area contributed by atoms with E-state index in [0.29, 0.717) is 37.2 Å². The summed E-state index contributed by atoms with van der Waals surface area (Å²) >= 11 is 0. The molecule has 1 heterocycles. The van der Waals surface area contributed by atoms with Crippen LogP contribution in [0.3, 0.4) is 0 Å². The summed E-state index contributed by atoms with van der Waals surface area (Å²) in [5.74, 6) is -0.733. The predicted molar refractivity (Wildman–Crippen MR) is 189 cm³/mol. The van der Waals surface area contributed by atoms with Crippen molar-refractivity contribution in [3.8, 4) is 5.75 Å². The maximum absolute atomic E-state index is 14.0. The third kappa shape index (κ3) is 9.69. The third-order valence-corrected chi connectivity index (χ3v) is 9.24. The Morgan fingerprint density at radius 1 is 0.960 bits per heavy atom. The molecule has 0 radical (unpaired) electrons. The van der Waals surface area contributed by atoms with Crippen LogP contribution in [-0.4, -0.2) is 106 Å². The molecule has 5 rings (SSSR count). The summed E-state index contributed by atoms with van der Waals surface area (Å²) in [4.78, 5) is 44.5. The molecule has 3 aromatic rings. The number of carbonyl (C=O) groups excluding carboxylic acids is 3. The molecule has 5 N–H and O–H groups in total. The minimum atomic E-state index is -0.972. The molecule has 0 unspecified atom stereocenters. The molecule has 11 nitrogen and oxygen atoms in total. The fourth-order valence-electron chi connectivity index (χ4n) is 6.83. The Hall–Kier alpha value is -4.29. The summed E-state index contributed by atoms with van der Waals surface area (Å²) in [7, 11) is 0. The Labute approximate surface area is 294 Å². The van der Waals surface area contributed by atoms with Gasteiger partial charge in [-0.2, -0.15) is 0 Å². The zero-order valence-corrected chi connectivity index (χ0v) is 29.1. The second-order valence-corrected chi connectivity index (χ2v) is 14.3. The van der Waals surface area contributed by atoms with Gasteiger partial charge in [-0.1, -0.05) is 54.6 Å². The van der Waals surface area contributed by atoms with Crippen molar-refractivity contribution in [1.82, 2.24) is 20.4 Å². The standard InChI is InChI=1S/C39H50N4O7/c1-39(2,3)41-37(48)33-25-43(38(49)27-9-5-4-6-10-27)18-17-42(33)24-30(45)22-29(21-26-13-15-31(16-14-26)50-20-19-44)36(47)40-35-32-12-8-7-11-28(32)23-34(35)46/h4-16,29-30,33-35,44-46H,17-25H2,1-3H3,(H,40,47)(H,41,48)/t29-,30+,33+,34-,35+/m1/s1. The molecule has 3 amide bonds. The Morgan fingerprint density at radius 3 is 2.36 bits per heavy atom. The number of aliphatic hydroxyl groups excluding tert-OH is 3. The highest BCUT2D eigenvalue weighted by Gasteiger charge is 2.38. The van der Waals surface area contributed by atoms with Crippen molar-refractivity contribution in [2.75, 3.05) is 39.4 Å². The predicted octanol–water partition coefficient (Wildman–Crippen LogP) is 2.48. The van der Waals surface area contributed by atoms with Crippen molar-refractivity contribution >= 4 is 17.7 Å². The summed E-state index contributed by atoms with van der Waals surface area (Å²) in [5.41, 5.74) is 2.78. The highest BCUT2D eigenvalue weighted by Crippen LogP contribution is 2.32. The fourth-order valence-corrected chi connectivity index (χ4v) is 6.83. The van der Waals surface area contributed by atoms with E-state index in [0.717, 1.165) is 16.7 Å². The largest absolute Gasteiger partial charge is 0.491 e. The van der Waals surface area contributed by atoms with Gasteiger partial charge in [-0.25, -0.2) is 0 Å². The van der Waals surface area contributed by atoms with Gasteiger partial charge in [-0.3, -0.25) is 19.3 Å². The molecule has 1 fully saturated rings. The van der Waals surface area contributed by atoms with Gasteiger partial charge in [0.05, 0.1) is 24.9 Å². The normalized spacial score (nSPS) is 20.4. The summed E-state index contributed by atoms with van der Waals surface area (Å²) in [6.07, 6.45) is -0.862. The maximum atomic E-state index is 14.0. The molecule has 50 heavy (non-hydrogen) atoms. The first-order valence-corrected chi connectivity index (χ1v) is 17.4. The number of fused-ring (bicyclic) bond motifs is 1. The van der Waals surface area contributed by atoms with E-state index < -0.39 is 35.7 Å². The zero-order chi connectivity index (χ0) is 35.8. The van der Waals surface area contributed by atoms with Gasteiger partial charge in [-0.05, 0) is 74.6 Å². The lowest BCUT2D eigenvalue weighted by Gasteiger charge is -2.42. The second kappa shape index (κ2) is 16.6. The van der Waals surface area contributed by atoms with Crippen molar-refractivity contribution in [2.24, 2.45) is 5.92 Å². The number of ether oxygens (including phenoxy) is 1. The molecule has 3 aromatic carbocycles. The number of amides is 3. The van der Waals surface area contributed by atoms with E-state index in [1.807, 2.05) is 80.3 Å². The van der Waals surface area contributed by atoms with Crippen LogP contribution in [0.25, 0.3) is 0 Å². The number of benzene rings is 3. The molecule has 0 bridgehead atoms. The second-order valence-electron chi connectivity index (χ2n) is 14.3. The van der Waals surface area contributed by atoms with Crippen LogP contribution in [0.2, 0.25) is 0 Å². The third-order valence-electron chi connectivity index (χ3n) is 9.24. The number of nitrogens with one attached hydrogen (secondary N) is 2. The zero-order valence-electron chi connectivity index (χ0n) is 29.1. The molecule has 1 aliphatic carbocycles. The minimum Gasteiger partial charge on any atom is -0.491 e. The van der Waals surface area contributed by atoms with E-state index >= 15 is 0 Å². The molecule has 11 heteroatoms. The van der Waals surface area contributed by atoms with Crippen LogP contribution in [0.15, 0.2) is 78.9 Å². The van der Waals surface area contributed by atoms with Crippen LogP contribution in [0, 0.1) is 5.92 Å². The van der Waals surface area contributed by atoms with Crippen molar-refractivity contribution in [3.63, 3.8) is 0 Å². The molecule has 0 saturated carbocycles. The number of hydrogen-bond donors (Lipinski definition) is 5. The molecular formula is C39H50N4O7. The maximum Gasteiger partial charge on any atom is 0.253 e. The minimum absolute atomic E-state index is 0.102. The highest BCUT2D eigenvalue weighted by molar-refractivity contribution is 5.95. The van der Waals surface area contributed by atoms with Crippen LogP contribution >= 0.6 is 0 Å². The SMILES string of the molecule is CC(C)(C)NC(=O)[C@@H]1CN(C(=O)c2ccccc2)CCN1C[C@@H](O)C[C@@H](Cc1ccc(OCCO)cc1)C(=O)N[C@H]1c2ccccc2C[C@H]1O. The first-order valence-electron chi connectivity index (χ1n) is 17.4. The molecule has 5 atom stereocenters. The number of carbonyl (C=O) groups is 3. The molecular weight excluding hydrogens is 636 g/mol. The Balaban J connectivity index is 1.32. The smallest absolute Gasteiger partial charge is 0.253 e. The van der Waals surface area contributed by atoms with Gasteiger partial charge in [0.2, 0.25) is 11.8 Å². The van der Waals surface area contributed by atoms with Crippen molar-refractivity contribution in [3.05, 3.63) is 101 Å². The number of β-amino-alcohol motifs (C(OH)–C–C–N with tert-alkyl or cyclic N) is 1. The number of piperazine rings is 1. The summed E-state index contributed by atoms with van der Waals surface area (Å²) in [6, 6.07) is 22.6. The summed E-state index contributed by atoms with van der Waals surface area (Å²) < 4.78 is 5.49. The molecule has 0 spiro atoms. The van der Waals surface area contributed by atoms with E-state index in [4.69, 9.17) is 9.84 Å². The van der Waals surface area contributed by atoms with E-state index in [1.165, 1.54) is 0 Å². The average Bonchev–Trinajstić information content (AvgIpc) is 3.41. The highest BCUT2D eigenvalue weighted by atomic mass is 16.5. The average molecular weight is 687 g/mol. The quantitative estimate of drug-likeness (QED) is 0.184. The van der Waals surface area contributed by atoms with Crippen molar-refractivity contribution in [2.45, 2.75) is 69.9 Å². The molecule has 1 aliphatic heterocycles. The summed E-state index contributed by atoms with van der Waals surface area (Å²) in [6.45, 7) is 6.80. The molecule has 1 saturated heterocycles. The van der Waals surface area contributed by atoms with E-state index in [1.54, 1.807) is 29.2 Å². The van der Waals surface area contributed by atoms with Crippen LogP contribution < -0.4 is 15.4 Å². The lowest BCUT2D eigenvalue weighted by atomic mass is 9.91. The van der Waals surface area contributed by atoms with E-state index in [9.17, 15) is 24.6 Å². The lowest BCUT2D eigenvalue weighted by molar-refractivity contribution is -0.131. The van der Waals surface area contributed by atoms with Gasteiger partial charge in [0.15, 0.2) is 0 Å². The van der Waals surface area contributed by atoms with E-state index in [-0.39, 0.29) is 50.4 Å². The monoisotopic (exact) mass is 686 g/mol. The number of rotatable bonds is 13. The fraction of sp³-hybridized carbons (Fsp3) is 0.462. The molecule has 2 aliphatic rings. The molecule has 268 valence electrons. The topological polar surface area (TPSA) is 152 Å². The van der Waals surface area contributed by atoms with Gasteiger partial charge >= 0.3 is 0 Å². The van der Waals surface area contributed by atoms with E-state index in [2.05, 4.69) is 10.6 Å². The Kier molecular flexibility index (Phi) is 12.3. The van der Waals surface area contributed by atoms with Crippen LogP contribution in [0.5, 0.6) is 5.75 Å². The summed E-state index contributed by atoms with van der Waals surface area (Å²) in [5, 5.41) is 37.6. The van der Waals surface area contributed by atoms with Gasteiger partial charge in [0, 0.05) is 49.6 Å². The number of hydrogen-bond acceptors (Lipinski definition) is 8. The molecule has 0 aromatic heterocycles. The number of aliphatic hydroxyl groups is 3. The van der Waals surface area contributed by atoms with Crippen LogP contribution in [0.4, 0.5) is 0 Å². The Morgan fingerprint density at radius 2 is 1.66 bits per heavy atom. The Bertz CT molecular complexity index is 1590.